The first-order valence-electron chi connectivity index (χ1n) is 7.66. The first kappa shape index (κ1) is 16.9. The Morgan fingerprint density at radius 3 is 2.43 bits per heavy atom. The van der Waals surface area contributed by atoms with Crippen LogP contribution in [0.3, 0.4) is 0 Å². The van der Waals surface area contributed by atoms with Crippen LogP contribution in [0.1, 0.15) is 43.4 Å². The predicted octanol–water partition coefficient (Wildman–Crippen LogP) is 2.76. The summed E-state index contributed by atoms with van der Waals surface area (Å²) >= 11 is 0. The Balaban J connectivity index is 2.48. The van der Waals surface area contributed by atoms with Crippen LogP contribution in [0.25, 0.3) is 0 Å². The molecule has 0 fully saturated rings. The molecule has 0 atom stereocenters. The molecule has 0 unspecified atom stereocenters. The minimum atomic E-state index is 0.181. The van der Waals surface area contributed by atoms with Crippen molar-refractivity contribution in [3.05, 3.63) is 35.0 Å². The van der Waals surface area contributed by atoms with Crippen LogP contribution in [-0.2, 0) is 6.42 Å². The van der Waals surface area contributed by atoms with Crippen molar-refractivity contribution in [2.45, 2.75) is 33.1 Å². The summed E-state index contributed by atoms with van der Waals surface area (Å²) in [4.78, 5) is 8.06. The quantitative estimate of drug-likeness (QED) is 0.850. The smallest absolute Gasteiger partial charge is 0.221 e. The predicted molar refractivity (Wildman–Crippen MR) is 91.9 cm³/mol. The fraction of sp³-hybridized carbons (Fsp3) is 0.412. The molecule has 0 saturated heterocycles. The van der Waals surface area contributed by atoms with E-state index in [9.17, 15) is 0 Å². The molecule has 0 bridgehead atoms. The van der Waals surface area contributed by atoms with Crippen molar-refractivity contribution in [2.75, 3.05) is 25.2 Å². The van der Waals surface area contributed by atoms with E-state index in [4.69, 9.17) is 20.9 Å². The monoisotopic (exact) mass is 316 g/mol. The molecule has 0 aliphatic heterocycles. The molecular weight excluding hydrogens is 292 g/mol. The Bertz CT molecular complexity index is 687. The van der Waals surface area contributed by atoms with Crippen molar-refractivity contribution in [2.24, 2.45) is 0 Å². The van der Waals surface area contributed by atoms with Gasteiger partial charge in [0.15, 0.2) is 11.5 Å². The number of hydrogen-bond donors (Lipinski definition) is 2. The summed E-state index contributed by atoms with van der Waals surface area (Å²) in [6, 6.07) is 4.03. The molecule has 124 valence electrons. The number of hydrogen-bond acceptors (Lipinski definition) is 6. The lowest BCUT2D eigenvalue weighted by Crippen LogP contribution is -2.07. The van der Waals surface area contributed by atoms with Crippen molar-refractivity contribution in [1.82, 2.24) is 9.97 Å². The van der Waals surface area contributed by atoms with E-state index < -0.39 is 0 Å². The number of nitrogens with zero attached hydrogens (tertiary/aromatic N) is 2. The lowest BCUT2D eigenvalue weighted by Gasteiger charge is -2.18. The van der Waals surface area contributed by atoms with Crippen LogP contribution < -0.4 is 20.9 Å². The fourth-order valence-corrected chi connectivity index (χ4v) is 2.51. The third-order valence-electron chi connectivity index (χ3n) is 3.64. The van der Waals surface area contributed by atoms with Crippen molar-refractivity contribution in [3.8, 4) is 11.5 Å². The van der Waals surface area contributed by atoms with Crippen LogP contribution in [0, 0.1) is 0 Å². The lowest BCUT2D eigenvalue weighted by molar-refractivity contribution is 0.310. The molecule has 1 aromatic carbocycles. The number of anilines is 2. The van der Waals surface area contributed by atoms with Crippen LogP contribution in [0.4, 0.5) is 11.8 Å². The van der Waals surface area contributed by atoms with Gasteiger partial charge >= 0.3 is 0 Å². The fourth-order valence-electron chi connectivity index (χ4n) is 2.51. The van der Waals surface area contributed by atoms with Crippen LogP contribution in [-0.4, -0.2) is 23.7 Å². The number of nitrogen functional groups attached to an aromatic ring is 2. The van der Waals surface area contributed by atoms with E-state index in [1.165, 1.54) is 5.56 Å². The first-order valence-corrected chi connectivity index (χ1v) is 7.66. The molecule has 23 heavy (non-hydrogen) atoms. The summed E-state index contributed by atoms with van der Waals surface area (Å²) in [5.41, 5.74) is 14.7. The van der Waals surface area contributed by atoms with E-state index >= 15 is 0 Å². The summed E-state index contributed by atoms with van der Waals surface area (Å²) in [6.45, 7) is 6.80. The zero-order valence-electron chi connectivity index (χ0n) is 14.1. The molecule has 0 aliphatic rings. The third kappa shape index (κ3) is 3.83. The number of benzene rings is 1. The summed E-state index contributed by atoms with van der Waals surface area (Å²) < 4.78 is 11.1. The van der Waals surface area contributed by atoms with Crippen molar-refractivity contribution >= 4 is 11.8 Å². The van der Waals surface area contributed by atoms with E-state index in [2.05, 4.69) is 23.8 Å². The standard InChI is InChI=1S/C17H24N4O2/c1-5-23-15-7-11(13(10(2)3)8-14(15)22-4)6-12-9-20-17(19)21-16(12)18/h7-10H,5-6H2,1-4H3,(H4,18,19,20,21). The second-order valence-electron chi connectivity index (χ2n) is 5.61. The average Bonchev–Trinajstić information content (AvgIpc) is 2.50. The number of methoxy groups -OCH3 is 1. The van der Waals surface area contributed by atoms with Crippen LogP contribution in [0.5, 0.6) is 11.5 Å². The van der Waals surface area contributed by atoms with Crippen LogP contribution in [0.15, 0.2) is 18.3 Å². The summed E-state index contributed by atoms with van der Waals surface area (Å²) in [5.74, 6) is 2.39. The highest BCUT2D eigenvalue weighted by atomic mass is 16.5. The Labute approximate surface area is 136 Å². The first-order chi connectivity index (χ1) is 11.0. The van der Waals surface area contributed by atoms with E-state index in [0.717, 1.165) is 22.6 Å². The second-order valence-corrected chi connectivity index (χ2v) is 5.61. The largest absolute Gasteiger partial charge is 0.493 e. The highest BCUT2D eigenvalue weighted by Gasteiger charge is 2.15. The molecule has 0 aliphatic carbocycles. The van der Waals surface area contributed by atoms with Crippen molar-refractivity contribution in [1.29, 1.82) is 0 Å². The van der Waals surface area contributed by atoms with Gasteiger partial charge in [-0.2, -0.15) is 4.98 Å². The van der Waals surface area contributed by atoms with Gasteiger partial charge in [0, 0.05) is 18.2 Å². The molecule has 1 heterocycles. The number of nitrogens with two attached hydrogens (primary N) is 2. The maximum atomic E-state index is 5.96. The molecule has 0 spiro atoms. The molecule has 0 saturated carbocycles. The van der Waals surface area contributed by atoms with Crippen molar-refractivity contribution in [3.63, 3.8) is 0 Å². The second kappa shape index (κ2) is 7.17. The van der Waals surface area contributed by atoms with Gasteiger partial charge in [0.1, 0.15) is 5.82 Å². The Morgan fingerprint density at radius 2 is 1.87 bits per heavy atom. The normalized spacial score (nSPS) is 10.8. The molecule has 6 nitrogen and oxygen atoms in total. The molecule has 0 radical (unpaired) electrons. The molecule has 2 rings (SSSR count). The zero-order valence-corrected chi connectivity index (χ0v) is 14.1. The number of rotatable bonds is 6. The average molecular weight is 316 g/mol. The maximum Gasteiger partial charge on any atom is 0.221 e. The molecule has 6 heteroatoms. The van der Waals surface area contributed by atoms with E-state index in [1.807, 2.05) is 19.1 Å². The Kier molecular flexibility index (Phi) is 5.26. The van der Waals surface area contributed by atoms with Gasteiger partial charge in [-0.1, -0.05) is 13.8 Å². The highest BCUT2D eigenvalue weighted by molar-refractivity contribution is 5.52. The van der Waals surface area contributed by atoms with Crippen LogP contribution >= 0.6 is 0 Å². The summed E-state index contributed by atoms with van der Waals surface area (Å²) in [7, 11) is 1.65. The van der Waals surface area contributed by atoms with Gasteiger partial charge in [-0.3, -0.25) is 0 Å². The van der Waals surface area contributed by atoms with E-state index in [1.54, 1.807) is 13.3 Å². The van der Waals surface area contributed by atoms with Gasteiger partial charge in [-0.25, -0.2) is 4.98 Å². The van der Waals surface area contributed by atoms with Gasteiger partial charge < -0.3 is 20.9 Å². The third-order valence-corrected chi connectivity index (χ3v) is 3.64. The number of aromatic nitrogens is 2. The minimum absolute atomic E-state index is 0.181. The zero-order chi connectivity index (χ0) is 17.0. The van der Waals surface area contributed by atoms with Gasteiger partial charge in [0.05, 0.1) is 13.7 Å². The van der Waals surface area contributed by atoms with Gasteiger partial charge in [0.2, 0.25) is 5.95 Å². The van der Waals surface area contributed by atoms with E-state index in [0.29, 0.717) is 24.8 Å². The van der Waals surface area contributed by atoms with E-state index in [-0.39, 0.29) is 5.95 Å². The molecule has 2 aromatic rings. The topological polar surface area (TPSA) is 96.3 Å². The molecular formula is C17H24N4O2. The summed E-state index contributed by atoms with van der Waals surface area (Å²) in [5, 5.41) is 0. The summed E-state index contributed by atoms with van der Waals surface area (Å²) in [6.07, 6.45) is 2.29. The lowest BCUT2D eigenvalue weighted by atomic mass is 9.92. The maximum absolute atomic E-state index is 5.96. The van der Waals surface area contributed by atoms with Gasteiger partial charge in [-0.05, 0) is 36.1 Å². The number of ether oxygens (including phenoxy) is 2. The van der Waals surface area contributed by atoms with Gasteiger partial charge in [-0.15, -0.1) is 0 Å². The molecule has 0 amide bonds. The minimum Gasteiger partial charge on any atom is -0.493 e. The molecule has 4 N–H and O–H groups in total. The van der Waals surface area contributed by atoms with Gasteiger partial charge in [0.25, 0.3) is 0 Å². The Morgan fingerprint density at radius 1 is 1.13 bits per heavy atom. The Hall–Kier alpha value is -2.50. The van der Waals surface area contributed by atoms with Crippen molar-refractivity contribution < 1.29 is 9.47 Å². The molecule has 1 aromatic heterocycles. The highest BCUT2D eigenvalue weighted by Crippen LogP contribution is 2.35. The van der Waals surface area contributed by atoms with Crippen LogP contribution in [0.2, 0.25) is 0 Å². The SMILES string of the molecule is CCOc1cc(Cc2cnc(N)nc2N)c(C(C)C)cc1OC.